The first kappa shape index (κ1) is 19.8. The van der Waals surface area contributed by atoms with Crippen molar-refractivity contribution in [2.24, 2.45) is 4.99 Å². The van der Waals surface area contributed by atoms with E-state index in [2.05, 4.69) is 9.98 Å². The van der Waals surface area contributed by atoms with Crippen LogP contribution in [-0.2, 0) is 0 Å². The normalized spacial score (nSPS) is 11.7. The Morgan fingerprint density at radius 2 is 1.93 bits per heavy atom. The maximum absolute atomic E-state index is 10.8. The van der Waals surface area contributed by atoms with Crippen molar-refractivity contribution in [3.05, 3.63) is 92.5 Å². The topological polar surface area (TPSA) is 81.5 Å². The lowest BCUT2D eigenvalue weighted by molar-refractivity contribution is -0.384. The predicted octanol–water partition coefficient (Wildman–Crippen LogP) is 7.13. The third-order valence-electron chi connectivity index (χ3n) is 4.21. The molecule has 4 aromatic rings. The van der Waals surface area contributed by atoms with E-state index in [-0.39, 0.29) is 5.69 Å². The zero-order valence-corrected chi connectivity index (χ0v) is 16.8. The highest BCUT2D eigenvalue weighted by Crippen LogP contribution is 2.32. The van der Waals surface area contributed by atoms with Gasteiger partial charge in [-0.2, -0.15) is 0 Å². The average molecular weight is 438 g/mol. The summed E-state index contributed by atoms with van der Waals surface area (Å²) in [5, 5.41) is 11.8. The number of nitrogens with zero attached hydrogens (tertiary/aromatic N) is 3. The van der Waals surface area contributed by atoms with E-state index < -0.39 is 4.92 Å². The maximum Gasteiger partial charge on any atom is 0.270 e. The van der Waals surface area contributed by atoms with Gasteiger partial charge in [-0.1, -0.05) is 41.4 Å². The Kier molecular flexibility index (Phi) is 5.61. The number of fused-ring (bicyclic) bond motifs is 1. The Labute approximate surface area is 181 Å². The number of non-ortho nitro benzene ring substituents is 1. The monoisotopic (exact) mass is 437 g/mol. The van der Waals surface area contributed by atoms with Crippen molar-refractivity contribution < 1.29 is 9.34 Å². The predicted molar refractivity (Wildman–Crippen MR) is 120 cm³/mol. The van der Waals surface area contributed by atoms with E-state index >= 15 is 0 Å². The van der Waals surface area contributed by atoms with Crippen molar-refractivity contribution in [2.75, 3.05) is 0 Å². The van der Waals surface area contributed by atoms with E-state index in [1.807, 2.05) is 0 Å². The standard InChI is InChI=1S/C22H13Cl2N3O3/c23-15-6-8-18(19(24)12-15)22-26-20-13-16(7-9-21(20)30-22)25-10-2-4-14-3-1-5-17(11-14)27(28)29/h1-13H/b4-2+,25-10?. The van der Waals surface area contributed by atoms with Gasteiger partial charge in [-0.3, -0.25) is 15.1 Å². The van der Waals surface area contributed by atoms with Crippen molar-refractivity contribution in [1.82, 2.24) is 4.98 Å². The highest BCUT2D eigenvalue weighted by Gasteiger charge is 2.12. The van der Waals surface area contributed by atoms with Gasteiger partial charge in [0.25, 0.3) is 5.69 Å². The summed E-state index contributed by atoms with van der Waals surface area (Å²) in [6.07, 6.45) is 5.06. The minimum Gasteiger partial charge on any atom is -0.436 e. The SMILES string of the molecule is O=[N+]([O-])c1cccc(/C=C/C=Nc2ccc3oc(-c4ccc(Cl)cc4Cl)nc3c2)c1. The molecule has 1 aromatic heterocycles. The van der Waals surface area contributed by atoms with E-state index in [9.17, 15) is 10.1 Å². The molecule has 0 aliphatic heterocycles. The van der Waals surface area contributed by atoms with E-state index in [1.54, 1.807) is 66.9 Å². The minimum absolute atomic E-state index is 0.0437. The number of rotatable bonds is 5. The van der Waals surface area contributed by atoms with Crippen LogP contribution in [-0.4, -0.2) is 16.1 Å². The maximum atomic E-state index is 10.8. The van der Waals surface area contributed by atoms with Gasteiger partial charge in [0.05, 0.1) is 21.2 Å². The van der Waals surface area contributed by atoms with Gasteiger partial charge in [-0.15, -0.1) is 0 Å². The number of nitro groups is 1. The number of halogens is 2. The van der Waals surface area contributed by atoms with Crippen LogP contribution >= 0.6 is 23.2 Å². The fraction of sp³-hybridized carbons (Fsp3) is 0. The molecule has 0 radical (unpaired) electrons. The summed E-state index contributed by atoms with van der Waals surface area (Å²) in [6.45, 7) is 0. The van der Waals surface area contributed by atoms with Crippen LogP contribution in [0.25, 0.3) is 28.6 Å². The molecule has 0 saturated carbocycles. The summed E-state index contributed by atoms with van der Waals surface area (Å²) < 4.78 is 5.78. The lowest BCUT2D eigenvalue weighted by atomic mass is 10.2. The molecule has 6 nitrogen and oxygen atoms in total. The summed E-state index contributed by atoms with van der Waals surface area (Å²) >= 11 is 12.2. The summed E-state index contributed by atoms with van der Waals surface area (Å²) in [5.74, 6) is 0.401. The molecule has 0 aliphatic rings. The fourth-order valence-corrected chi connectivity index (χ4v) is 3.29. The number of benzene rings is 3. The van der Waals surface area contributed by atoms with Gasteiger partial charge >= 0.3 is 0 Å². The van der Waals surface area contributed by atoms with Crippen LogP contribution in [0.3, 0.4) is 0 Å². The smallest absolute Gasteiger partial charge is 0.270 e. The second kappa shape index (κ2) is 8.49. The lowest BCUT2D eigenvalue weighted by Crippen LogP contribution is -1.87. The van der Waals surface area contributed by atoms with Crippen LogP contribution in [0, 0.1) is 10.1 Å². The van der Waals surface area contributed by atoms with Crippen molar-refractivity contribution in [3.8, 4) is 11.5 Å². The molecule has 0 aliphatic carbocycles. The molecule has 0 spiro atoms. The molecule has 0 fully saturated rings. The van der Waals surface area contributed by atoms with E-state index in [4.69, 9.17) is 27.6 Å². The third kappa shape index (κ3) is 4.40. The number of oxazole rings is 1. The molecule has 4 rings (SSSR count). The van der Waals surface area contributed by atoms with Crippen LogP contribution in [0.2, 0.25) is 10.0 Å². The van der Waals surface area contributed by atoms with E-state index in [1.165, 1.54) is 12.1 Å². The fourth-order valence-electron chi connectivity index (χ4n) is 2.80. The molecule has 0 N–H and O–H groups in total. The van der Waals surface area contributed by atoms with Gasteiger partial charge in [0.2, 0.25) is 5.89 Å². The molecule has 30 heavy (non-hydrogen) atoms. The Bertz CT molecular complexity index is 1310. The van der Waals surface area contributed by atoms with E-state index in [0.717, 1.165) is 0 Å². The summed E-state index contributed by atoms with van der Waals surface area (Å²) in [6, 6.07) is 16.9. The molecule has 0 bridgehead atoms. The van der Waals surface area contributed by atoms with Crippen LogP contribution < -0.4 is 0 Å². The molecular weight excluding hydrogens is 425 g/mol. The second-order valence-corrected chi connectivity index (χ2v) is 7.13. The first-order valence-corrected chi connectivity index (χ1v) is 9.56. The third-order valence-corrected chi connectivity index (χ3v) is 4.76. The first-order chi connectivity index (χ1) is 14.5. The summed E-state index contributed by atoms with van der Waals surface area (Å²) in [4.78, 5) is 19.3. The largest absolute Gasteiger partial charge is 0.436 e. The second-order valence-electron chi connectivity index (χ2n) is 6.28. The van der Waals surface area contributed by atoms with Crippen LogP contribution in [0.1, 0.15) is 5.56 Å². The molecule has 8 heteroatoms. The molecule has 3 aromatic carbocycles. The van der Waals surface area contributed by atoms with Crippen LogP contribution in [0.15, 0.2) is 76.1 Å². The quantitative estimate of drug-likeness (QED) is 0.189. The Balaban J connectivity index is 1.54. The lowest BCUT2D eigenvalue weighted by Gasteiger charge is -1.98. The molecule has 0 saturated heterocycles. The van der Waals surface area contributed by atoms with Crippen molar-refractivity contribution in [1.29, 1.82) is 0 Å². The number of aliphatic imine (C=N–C) groups is 1. The van der Waals surface area contributed by atoms with Gasteiger partial charge in [0.15, 0.2) is 5.58 Å². The van der Waals surface area contributed by atoms with E-state index in [0.29, 0.717) is 43.9 Å². The average Bonchev–Trinajstić information content (AvgIpc) is 3.14. The number of nitro benzene ring substituents is 1. The number of allylic oxidation sites excluding steroid dienone is 1. The molecule has 0 amide bonds. The molecule has 0 atom stereocenters. The van der Waals surface area contributed by atoms with Gasteiger partial charge in [-0.05, 0) is 48.0 Å². The minimum atomic E-state index is -0.427. The Morgan fingerprint density at radius 1 is 1.07 bits per heavy atom. The van der Waals surface area contributed by atoms with Gasteiger partial charge in [0.1, 0.15) is 5.52 Å². The highest BCUT2D eigenvalue weighted by molar-refractivity contribution is 6.36. The van der Waals surface area contributed by atoms with Crippen molar-refractivity contribution in [3.63, 3.8) is 0 Å². The number of hydrogen-bond acceptors (Lipinski definition) is 5. The summed E-state index contributed by atoms with van der Waals surface area (Å²) in [7, 11) is 0. The zero-order chi connectivity index (χ0) is 21.1. The number of aromatic nitrogens is 1. The molecule has 1 heterocycles. The van der Waals surface area contributed by atoms with Crippen LogP contribution in [0.5, 0.6) is 0 Å². The summed E-state index contributed by atoms with van der Waals surface area (Å²) in [5.41, 5.74) is 3.36. The number of hydrogen-bond donors (Lipinski definition) is 0. The van der Waals surface area contributed by atoms with Gasteiger partial charge in [0, 0.05) is 23.4 Å². The van der Waals surface area contributed by atoms with Crippen molar-refractivity contribution >= 4 is 58.0 Å². The highest BCUT2D eigenvalue weighted by atomic mass is 35.5. The molecular formula is C22H13Cl2N3O3. The first-order valence-electron chi connectivity index (χ1n) is 8.81. The van der Waals surface area contributed by atoms with Gasteiger partial charge < -0.3 is 4.42 Å². The molecule has 0 unspecified atom stereocenters. The Morgan fingerprint density at radius 3 is 2.73 bits per heavy atom. The van der Waals surface area contributed by atoms with Crippen molar-refractivity contribution in [2.45, 2.75) is 0 Å². The Hall–Kier alpha value is -3.48. The van der Waals surface area contributed by atoms with Crippen LogP contribution in [0.4, 0.5) is 11.4 Å². The van der Waals surface area contributed by atoms with Gasteiger partial charge in [-0.25, -0.2) is 4.98 Å². The zero-order valence-electron chi connectivity index (χ0n) is 15.3. The molecule has 148 valence electrons.